The summed E-state index contributed by atoms with van der Waals surface area (Å²) in [6, 6.07) is 10.2. The second kappa shape index (κ2) is 11.4. The van der Waals surface area contributed by atoms with Gasteiger partial charge < -0.3 is 10.2 Å². The number of sulfonamides is 1. The van der Waals surface area contributed by atoms with E-state index in [9.17, 15) is 22.8 Å². The molecular formula is C26H29Cl2N3O5S. The van der Waals surface area contributed by atoms with Crippen molar-refractivity contribution in [1.29, 1.82) is 0 Å². The minimum absolute atomic E-state index is 0.0341. The lowest BCUT2D eigenvalue weighted by molar-refractivity contribution is -0.141. The molecule has 0 saturated heterocycles. The Morgan fingerprint density at radius 1 is 1.14 bits per heavy atom. The monoisotopic (exact) mass is 565 g/mol. The van der Waals surface area contributed by atoms with Gasteiger partial charge in [0, 0.05) is 35.6 Å². The number of hydrogen-bond donors (Lipinski definition) is 1. The number of halogens is 2. The number of nitrogens with zero attached hydrogens (tertiary/aromatic N) is 2. The maximum atomic E-state index is 13.6. The molecule has 198 valence electrons. The second-order valence-corrected chi connectivity index (χ2v) is 12.0. The molecule has 1 N–H and O–H groups in total. The maximum Gasteiger partial charge on any atom is 0.269 e. The van der Waals surface area contributed by atoms with Crippen molar-refractivity contribution in [1.82, 2.24) is 14.5 Å². The molecule has 1 fully saturated rings. The highest BCUT2D eigenvalue weighted by Gasteiger charge is 2.41. The quantitative estimate of drug-likeness (QED) is 0.485. The molecule has 0 aromatic heterocycles. The fraction of sp³-hybridized carbons (Fsp3) is 0.423. The Hall–Kier alpha value is -2.62. The highest BCUT2D eigenvalue weighted by atomic mass is 35.5. The van der Waals surface area contributed by atoms with E-state index in [2.05, 4.69) is 5.32 Å². The Bertz CT molecular complexity index is 1310. The molecule has 11 heteroatoms. The van der Waals surface area contributed by atoms with Crippen molar-refractivity contribution in [2.75, 3.05) is 6.54 Å². The Labute approximate surface area is 227 Å². The van der Waals surface area contributed by atoms with Crippen molar-refractivity contribution < 1.29 is 22.8 Å². The van der Waals surface area contributed by atoms with Gasteiger partial charge in [0.25, 0.3) is 15.9 Å². The van der Waals surface area contributed by atoms with Gasteiger partial charge in [-0.2, -0.15) is 0 Å². The first-order chi connectivity index (χ1) is 17.6. The minimum Gasteiger partial charge on any atom is -0.352 e. The van der Waals surface area contributed by atoms with Crippen LogP contribution in [0.15, 0.2) is 47.4 Å². The smallest absolute Gasteiger partial charge is 0.269 e. The van der Waals surface area contributed by atoms with Crippen LogP contribution in [0.5, 0.6) is 0 Å². The number of hydrogen-bond acceptors (Lipinski definition) is 5. The number of fused-ring (bicyclic) bond motifs is 1. The molecule has 2 aromatic rings. The predicted molar refractivity (Wildman–Crippen MR) is 141 cm³/mol. The summed E-state index contributed by atoms with van der Waals surface area (Å²) in [5.41, 5.74) is 0.686. The van der Waals surface area contributed by atoms with Gasteiger partial charge in [-0.25, -0.2) is 12.7 Å². The summed E-state index contributed by atoms with van der Waals surface area (Å²) in [6.45, 7) is 1.51. The van der Waals surface area contributed by atoms with E-state index in [1.807, 2.05) is 6.92 Å². The molecule has 0 spiro atoms. The van der Waals surface area contributed by atoms with Crippen LogP contribution in [0, 0.1) is 0 Å². The summed E-state index contributed by atoms with van der Waals surface area (Å²) < 4.78 is 26.6. The molecule has 1 aliphatic heterocycles. The second-order valence-electron chi connectivity index (χ2n) is 9.30. The number of benzene rings is 2. The van der Waals surface area contributed by atoms with Crippen molar-refractivity contribution in [3.63, 3.8) is 0 Å². The molecule has 1 saturated carbocycles. The lowest BCUT2D eigenvalue weighted by Gasteiger charge is -2.32. The first kappa shape index (κ1) is 27.4. The molecular weight excluding hydrogens is 537 g/mol. The summed E-state index contributed by atoms with van der Waals surface area (Å²) in [6.07, 6.45) is 3.96. The predicted octanol–water partition coefficient (Wildman–Crippen LogP) is 4.39. The van der Waals surface area contributed by atoms with Gasteiger partial charge in [0.05, 0.1) is 5.56 Å². The Kier molecular flexibility index (Phi) is 8.46. The van der Waals surface area contributed by atoms with Crippen LogP contribution in [-0.4, -0.2) is 54.0 Å². The third-order valence-electron chi connectivity index (χ3n) is 6.88. The van der Waals surface area contributed by atoms with Crippen LogP contribution in [0.1, 0.15) is 61.4 Å². The first-order valence-electron chi connectivity index (χ1n) is 12.3. The molecule has 2 aliphatic rings. The van der Waals surface area contributed by atoms with Gasteiger partial charge in [0.2, 0.25) is 11.8 Å². The molecule has 0 radical (unpaired) electrons. The van der Waals surface area contributed by atoms with Gasteiger partial charge in [-0.05, 0) is 49.1 Å². The van der Waals surface area contributed by atoms with Gasteiger partial charge in [-0.3, -0.25) is 14.4 Å². The molecule has 3 amide bonds. The fourth-order valence-electron chi connectivity index (χ4n) is 4.91. The van der Waals surface area contributed by atoms with Crippen LogP contribution in [0.2, 0.25) is 10.0 Å². The van der Waals surface area contributed by atoms with Crippen molar-refractivity contribution >= 4 is 50.9 Å². The molecule has 4 rings (SSSR count). The average molecular weight is 567 g/mol. The number of carbonyl (C=O) groups is 3. The number of nitrogens with one attached hydrogen (secondary N) is 1. The van der Waals surface area contributed by atoms with Gasteiger partial charge in [0.1, 0.15) is 10.9 Å². The molecule has 37 heavy (non-hydrogen) atoms. The molecule has 1 atom stereocenters. The van der Waals surface area contributed by atoms with E-state index in [0.717, 1.165) is 30.0 Å². The third-order valence-corrected chi connectivity index (χ3v) is 9.31. The lowest BCUT2D eigenvalue weighted by Crippen LogP contribution is -2.51. The van der Waals surface area contributed by atoms with Crippen molar-refractivity contribution in [2.24, 2.45) is 0 Å². The minimum atomic E-state index is -4.05. The lowest BCUT2D eigenvalue weighted by atomic mass is 10.1. The molecule has 0 unspecified atom stereocenters. The number of rotatable bonds is 9. The normalized spacial score (nSPS) is 17.5. The molecule has 1 heterocycles. The van der Waals surface area contributed by atoms with Crippen LogP contribution in [0.3, 0.4) is 0 Å². The van der Waals surface area contributed by atoms with Crippen LogP contribution in [0.25, 0.3) is 0 Å². The highest BCUT2D eigenvalue weighted by molar-refractivity contribution is 7.90. The molecule has 0 bridgehead atoms. The SMILES string of the molecule is CC[C@@H](C(=O)NC1CCCC1)N(Cc1ccc(Cl)cc1Cl)C(=O)CCN1C(=O)c2ccccc2S1(=O)=O. The van der Waals surface area contributed by atoms with Crippen molar-refractivity contribution in [3.05, 3.63) is 63.6 Å². The number of carbonyl (C=O) groups excluding carboxylic acids is 3. The van der Waals surface area contributed by atoms with E-state index in [1.54, 1.807) is 30.3 Å². The Morgan fingerprint density at radius 3 is 2.49 bits per heavy atom. The highest BCUT2D eigenvalue weighted by Crippen LogP contribution is 2.30. The summed E-state index contributed by atoms with van der Waals surface area (Å²) in [5, 5.41) is 3.85. The molecule has 2 aromatic carbocycles. The summed E-state index contributed by atoms with van der Waals surface area (Å²) >= 11 is 12.4. The first-order valence-corrected chi connectivity index (χ1v) is 14.5. The summed E-state index contributed by atoms with van der Waals surface area (Å²) in [4.78, 5) is 40.9. The zero-order chi connectivity index (χ0) is 26.7. The van der Waals surface area contributed by atoms with E-state index in [4.69, 9.17) is 23.2 Å². The molecule has 1 aliphatic carbocycles. The van der Waals surface area contributed by atoms with Crippen LogP contribution in [-0.2, 0) is 26.2 Å². The van der Waals surface area contributed by atoms with Gasteiger partial charge in [-0.1, -0.05) is 61.2 Å². The zero-order valence-corrected chi connectivity index (χ0v) is 22.8. The third kappa shape index (κ3) is 5.78. The van der Waals surface area contributed by atoms with E-state index in [1.165, 1.54) is 17.0 Å². The summed E-state index contributed by atoms with van der Waals surface area (Å²) in [7, 11) is -4.05. The fourth-order valence-corrected chi connectivity index (χ4v) is 6.95. The topological polar surface area (TPSA) is 104 Å². The standard InChI is InChI=1S/C26H29Cl2N3O5S/c1-2-22(25(33)29-19-7-3-4-8-19)30(16-17-11-12-18(27)15-21(17)28)24(32)13-14-31-26(34)20-9-5-6-10-23(20)37(31,35)36/h5-6,9-12,15,19,22H,2-4,7-8,13-14,16H2,1H3,(H,29,33)/t22-/m0/s1. The molecule has 8 nitrogen and oxygen atoms in total. The zero-order valence-electron chi connectivity index (χ0n) is 20.5. The van der Waals surface area contributed by atoms with E-state index < -0.39 is 27.9 Å². The van der Waals surface area contributed by atoms with Crippen LogP contribution >= 0.6 is 23.2 Å². The van der Waals surface area contributed by atoms with Crippen LogP contribution in [0.4, 0.5) is 0 Å². The van der Waals surface area contributed by atoms with Crippen LogP contribution < -0.4 is 5.32 Å². The summed E-state index contributed by atoms with van der Waals surface area (Å²) in [5.74, 6) is -1.38. The van der Waals surface area contributed by atoms with E-state index >= 15 is 0 Å². The maximum absolute atomic E-state index is 13.6. The van der Waals surface area contributed by atoms with Gasteiger partial charge in [-0.15, -0.1) is 0 Å². The van der Waals surface area contributed by atoms with Crippen molar-refractivity contribution in [3.8, 4) is 0 Å². The van der Waals surface area contributed by atoms with Gasteiger partial charge in [0.15, 0.2) is 0 Å². The van der Waals surface area contributed by atoms with E-state index in [0.29, 0.717) is 22.0 Å². The average Bonchev–Trinajstić information content (AvgIpc) is 3.43. The van der Waals surface area contributed by atoms with E-state index in [-0.39, 0.29) is 41.9 Å². The Balaban J connectivity index is 1.56. The Morgan fingerprint density at radius 2 is 1.84 bits per heavy atom. The van der Waals surface area contributed by atoms with Crippen molar-refractivity contribution in [2.45, 2.75) is 69.0 Å². The number of amides is 3. The largest absolute Gasteiger partial charge is 0.352 e. The van der Waals surface area contributed by atoms with Gasteiger partial charge >= 0.3 is 0 Å².